The van der Waals surface area contributed by atoms with Gasteiger partial charge < -0.3 is 16.0 Å². The summed E-state index contributed by atoms with van der Waals surface area (Å²) in [7, 11) is 3.78. The van der Waals surface area contributed by atoms with Gasteiger partial charge in [0.1, 0.15) is 5.78 Å². The molecule has 1 atom stereocenters. The Bertz CT molecular complexity index is 398. The quantitative estimate of drug-likeness (QED) is 0.417. The fraction of sp³-hybridized carbons (Fsp3) is 0.840. The van der Waals surface area contributed by atoms with Crippen LogP contribution in [-0.2, 0) is 9.59 Å². The summed E-state index contributed by atoms with van der Waals surface area (Å²) in [6, 6.07) is 0.155. The molecule has 30 heavy (non-hydrogen) atoms. The third-order valence-electron chi connectivity index (χ3n) is 3.78. The van der Waals surface area contributed by atoms with Crippen LogP contribution in [0.2, 0.25) is 0 Å². The topological polar surface area (TPSA) is 70.2 Å². The average molecular weight is 434 g/mol. The van der Waals surface area contributed by atoms with Gasteiger partial charge >= 0.3 is 0 Å². The van der Waals surface area contributed by atoms with E-state index in [1.165, 1.54) is 6.42 Å². The number of rotatable bonds is 9. The van der Waals surface area contributed by atoms with Crippen LogP contribution in [-0.4, -0.2) is 44.9 Å². The van der Waals surface area contributed by atoms with Crippen molar-refractivity contribution in [3.05, 3.63) is 0 Å². The Balaban J connectivity index is -0.0000000640. The maximum Gasteiger partial charge on any atom is 0.223 e. The van der Waals surface area contributed by atoms with E-state index < -0.39 is 5.41 Å². The summed E-state index contributed by atoms with van der Waals surface area (Å²) in [5.74, 6) is 2.54. The van der Waals surface area contributed by atoms with Crippen LogP contribution < -0.4 is 16.0 Å². The lowest BCUT2D eigenvalue weighted by Crippen LogP contribution is -2.38. The molecule has 0 heterocycles. The van der Waals surface area contributed by atoms with E-state index in [1.807, 2.05) is 48.7 Å². The number of amides is 1. The zero-order valence-corrected chi connectivity index (χ0v) is 18.6. The predicted molar refractivity (Wildman–Crippen MR) is 140 cm³/mol. The molecule has 5 nitrogen and oxygen atoms in total. The van der Waals surface area contributed by atoms with Crippen LogP contribution >= 0.6 is 0 Å². The van der Waals surface area contributed by atoms with Gasteiger partial charge in [0, 0.05) is 17.4 Å². The highest BCUT2D eigenvalue weighted by Crippen LogP contribution is 2.28. The molecule has 186 valence electrons. The Labute approximate surface area is 192 Å². The zero-order chi connectivity index (χ0) is 21.2. The molecule has 1 unspecified atom stereocenters. The summed E-state index contributed by atoms with van der Waals surface area (Å²) >= 11 is 0. The first-order chi connectivity index (χ1) is 12.0. The van der Waals surface area contributed by atoms with Crippen LogP contribution in [0.15, 0.2) is 0 Å². The molecule has 0 spiro atoms. The van der Waals surface area contributed by atoms with Gasteiger partial charge in [-0.25, -0.2) is 0 Å². The number of nitrogens with one attached hydrogen (secondary N) is 3. The molecule has 0 saturated carbocycles. The van der Waals surface area contributed by atoms with E-state index in [2.05, 4.69) is 28.8 Å². The summed E-state index contributed by atoms with van der Waals surface area (Å²) in [6.07, 6.45) is 7.45. The van der Waals surface area contributed by atoms with Gasteiger partial charge in [-0.15, -0.1) is 6.42 Å². The maximum absolute atomic E-state index is 11.9. The Morgan fingerprint density at radius 3 is 1.63 bits per heavy atom. The minimum Gasteiger partial charge on any atom is -0.354 e. The summed E-state index contributed by atoms with van der Waals surface area (Å²) in [5.41, 5.74) is -0.408. The Morgan fingerprint density at radius 2 is 1.47 bits per heavy atom. The molecule has 0 radical (unpaired) electrons. The van der Waals surface area contributed by atoms with Crippen LogP contribution in [0.3, 0.4) is 0 Å². The summed E-state index contributed by atoms with van der Waals surface area (Å²) in [4.78, 5) is 23.3. The lowest BCUT2D eigenvalue weighted by Gasteiger charge is -2.26. The first-order valence-electron chi connectivity index (χ1n) is 9.57. The second-order valence-electron chi connectivity index (χ2n) is 7.25. The number of ketones is 1. The van der Waals surface area contributed by atoms with Crippen LogP contribution in [0, 0.1) is 23.7 Å². The van der Waals surface area contributed by atoms with Crippen molar-refractivity contribution in [1.29, 1.82) is 0 Å². The Morgan fingerprint density at radius 1 is 1.00 bits per heavy atom. The molecule has 0 aliphatic carbocycles. The standard InChI is InChI=1S/C13H25NO2.C4H11N.C4H7N.4CH4/c1-7-11(12(16)14-9(2)3)8-13(5,6)10(4)15;2*1-3-4-5-2;;;;/h9,11H,7-8H2,1-6H3,(H,14,16);5H,3-4H2,1-2H3;1,5H,4H2,2H3;4*1H4. The van der Waals surface area contributed by atoms with Gasteiger partial charge in [0.15, 0.2) is 0 Å². The van der Waals surface area contributed by atoms with Crippen molar-refractivity contribution in [3.63, 3.8) is 0 Å². The summed E-state index contributed by atoms with van der Waals surface area (Å²) in [6.45, 7) is 15.2. The minimum absolute atomic E-state index is 0. The highest BCUT2D eigenvalue weighted by molar-refractivity contribution is 5.83. The summed E-state index contributed by atoms with van der Waals surface area (Å²) in [5, 5.41) is 8.70. The van der Waals surface area contributed by atoms with E-state index in [4.69, 9.17) is 6.42 Å². The number of hydrogen-bond acceptors (Lipinski definition) is 4. The van der Waals surface area contributed by atoms with E-state index in [-0.39, 0.29) is 53.4 Å². The highest BCUT2D eigenvalue weighted by atomic mass is 16.2. The second-order valence-corrected chi connectivity index (χ2v) is 7.25. The lowest BCUT2D eigenvalue weighted by atomic mass is 9.78. The van der Waals surface area contributed by atoms with Crippen LogP contribution in [0.4, 0.5) is 0 Å². The monoisotopic (exact) mass is 433 g/mol. The highest BCUT2D eigenvalue weighted by Gasteiger charge is 2.30. The number of carbonyl (C=O) groups excluding carboxylic acids is 2. The van der Waals surface area contributed by atoms with Crippen molar-refractivity contribution in [2.75, 3.05) is 27.2 Å². The second kappa shape index (κ2) is 29.8. The average Bonchev–Trinajstić information content (AvgIpc) is 2.54. The van der Waals surface area contributed by atoms with Crippen molar-refractivity contribution < 1.29 is 9.59 Å². The molecule has 1 amide bonds. The van der Waals surface area contributed by atoms with Gasteiger partial charge in [-0.05, 0) is 60.7 Å². The number of terminal acetylenes is 1. The third kappa shape index (κ3) is 31.3. The van der Waals surface area contributed by atoms with Gasteiger partial charge in [0.05, 0.1) is 6.54 Å². The van der Waals surface area contributed by atoms with Crippen molar-refractivity contribution in [3.8, 4) is 12.3 Å². The molecule has 0 aliphatic rings. The largest absolute Gasteiger partial charge is 0.354 e. The maximum atomic E-state index is 11.9. The van der Waals surface area contributed by atoms with E-state index in [9.17, 15) is 9.59 Å². The van der Waals surface area contributed by atoms with Gasteiger partial charge in [0.2, 0.25) is 5.91 Å². The van der Waals surface area contributed by atoms with Crippen LogP contribution in [0.5, 0.6) is 0 Å². The van der Waals surface area contributed by atoms with Gasteiger partial charge in [0.25, 0.3) is 0 Å². The van der Waals surface area contributed by atoms with Gasteiger partial charge in [-0.2, -0.15) is 0 Å². The predicted octanol–water partition coefficient (Wildman–Crippen LogP) is 5.54. The number of carbonyl (C=O) groups is 2. The third-order valence-corrected chi connectivity index (χ3v) is 3.78. The van der Waals surface area contributed by atoms with Crippen molar-refractivity contribution in [2.24, 2.45) is 11.3 Å². The first kappa shape index (κ1) is 46.7. The SMILES string of the molecule is C.C.C.C.C#CCNC.CCC(CC(C)(C)C(C)=O)C(=O)NC(C)C.CCCNC. The van der Waals surface area contributed by atoms with Crippen LogP contribution in [0.25, 0.3) is 0 Å². The normalized spacial score (nSPS) is 9.77. The van der Waals surface area contributed by atoms with Crippen molar-refractivity contribution >= 4 is 11.7 Å². The van der Waals surface area contributed by atoms with E-state index >= 15 is 0 Å². The Hall–Kier alpha value is -1.38. The van der Waals surface area contributed by atoms with Crippen molar-refractivity contribution in [1.82, 2.24) is 16.0 Å². The van der Waals surface area contributed by atoms with E-state index in [1.54, 1.807) is 6.92 Å². The summed E-state index contributed by atoms with van der Waals surface area (Å²) < 4.78 is 0. The molecular weight excluding hydrogens is 374 g/mol. The molecule has 0 aliphatic heterocycles. The molecule has 0 bridgehead atoms. The molecule has 0 aromatic carbocycles. The van der Waals surface area contributed by atoms with Crippen molar-refractivity contribution in [2.45, 2.75) is 103 Å². The molecule has 5 heteroatoms. The number of Topliss-reactive ketones (excluding diaryl/α,β-unsaturated/α-hetero) is 1. The Kier molecular flexibility index (Phi) is 46.4. The molecule has 3 N–H and O–H groups in total. The first-order valence-corrected chi connectivity index (χ1v) is 9.57. The molecule has 0 aromatic heterocycles. The molecule has 0 saturated heterocycles. The van der Waals surface area contributed by atoms with Crippen LogP contribution in [0.1, 0.15) is 97.4 Å². The molecule has 0 rings (SSSR count). The smallest absolute Gasteiger partial charge is 0.223 e. The minimum atomic E-state index is -0.408. The lowest BCUT2D eigenvalue weighted by molar-refractivity contribution is -0.129. The van der Waals surface area contributed by atoms with E-state index in [0.717, 1.165) is 13.0 Å². The molecule has 0 aromatic rings. The van der Waals surface area contributed by atoms with Gasteiger partial charge in [-0.3, -0.25) is 9.59 Å². The fourth-order valence-corrected chi connectivity index (χ4v) is 1.94. The molecular formula is C25H59N3O2. The van der Waals surface area contributed by atoms with E-state index in [0.29, 0.717) is 13.0 Å². The molecule has 0 fully saturated rings. The van der Waals surface area contributed by atoms with Gasteiger partial charge in [-0.1, -0.05) is 63.3 Å². The fourth-order valence-electron chi connectivity index (χ4n) is 1.94. The number of hydrogen-bond donors (Lipinski definition) is 3. The zero-order valence-electron chi connectivity index (χ0n) is 18.6.